The van der Waals surface area contributed by atoms with Gasteiger partial charge in [-0.3, -0.25) is 4.68 Å². The standard InChI is InChI=1S/C12H12N2O2S/c1-14-7-9(6-13-14)8-17-11-4-2-10(3-5-11)12(15)16/h2-7H,8H2,1H3,(H,15,16). The molecule has 0 saturated carbocycles. The van der Waals surface area contributed by atoms with Crippen molar-refractivity contribution in [3.63, 3.8) is 0 Å². The second-order valence-electron chi connectivity index (χ2n) is 3.64. The van der Waals surface area contributed by atoms with Crippen LogP contribution in [0.4, 0.5) is 0 Å². The molecule has 0 aliphatic heterocycles. The van der Waals surface area contributed by atoms with Crippen molar-refractivity contribution >= 4 is 17.7 Å². The van der Waals surface area contributed by atoms with E-state index in [0.29, 0.717) is 5.56 Å². The minimum Gasteiger partial charge on any atom is -0.478 e. The van der Waals surface area contributed by atoms with E-state index in [2.05, 4.69) is 5.10 Å². The van der Waals surface area contributed by atoms with Crippen LogP contribution < -0.4 is 0 Å². The molecule has 0 spiro atoms. The molecule has 1 N–H and O–H groups in total. The molecular weight excluding hydrogens is 236 g/mol. The Morgan fingerprint density at radius 3 is 2.65 bits per heavy atom. The molecule has 2 aromatic rings. The predicted molar refractivity (Wildman–Crippen MR) is 66.2 cm³/mol. The summed E-state index contributed by atoms with van der Waals surface area (Å²) in [5.41, 5.74) is 1.47. The first kappa shape index (κ1) is 11.7. The molecule has 0 unspecified atom stereocenters. The first-order chi connectivity index (χ1) is 8.15. The lowest BCUT2D eigenvalue weighted by Crippen LogP contribution is -1.94. The van der Waals surface area contributed by atoms with Gasteiger partial charge in [-0.15, -0.1) is 11.8 Å². The summed E-state index contributed by atoms with van der Waals surface area (Å²) in [4.78, 5) is 11.7. The van der Waals surface area contributed by atoms with Crippen LogP contribution in [0.5, 0.6) is 0 Å². The molecule has 0 bridgehead atoms. The Morgan fingerprint density at radius 2 is 2.12 bits per heavy atom. The molecule has 0 saturated heterocycles. The first-order valence-electron chi connectivity index (χ1n) is 5.09. The highest BCUT2D eigenvalue weighted by atomic mass is 32.2. The summed E-state index contributed by atoms with van der Waals surface area (Å²) >= 11 is 1.66. The number of carbonyl (C=O) groups is 1. The number of carboxylic acid groups (broad SMARTS) is 1. The van der Waals surface area contributed by atoms with E-state index in [1.165, 1.54) is 0 Å². The molecule has 88 valence electrons. The van der Waals surface area contributed by atoms with Gasteiger partial charge in [0.15, 0.2) is 0 Å². The zero-order chi connectivity index (χ0) is 12.3. The molecule has 0 atom stereocenters. The highest BCUT2D eigenvalue weighted by Crippen LogP contribution is 2.22. The number of nitrogens with zero attached hydrogens (tertiary/aromatic N) is 2. The minimum atomic E-state index is -0.895. The van der Waals surface area contributed by atoms with Crippen LogP contribution in [-0.4, -0.2) is 20.9 Å². The molecule has 1 aromatic heterocycles. The number of carboxylic acids is 1. The third-order valence-corrected chi connectivity index (χ3v) is 3.35. The molecule has 0 amide bonds. The Bertz CT molecular complexity index is 520. The fourth-order valence-electron chi connectivity index (χ4n) is 1.41. The van der Waals surface area contributed by atoms with Crippen LogP contribution >= 0.6 is 11.8 Å². The number of aromatic carboxylic acids is 1. The predicted octanol–water partition coefficient (Wildman–Crippen LogP) is 2.41. The topological polar surface area (TPSA) is 55.1 Å². The summed E-state index contributed by atoms with van der Waals surface area (Å²) in [6.07, 6.45) is 3.80. The SMILES string of the molecule is Cn1cc(CSc2ccc(C(=O)O)cc2)cn1. The summed E-state index contributed by atoms with van der Waals surface area (Å²) in [7, 11) is 1.88. The van der Waals surface area contributed by atoms with E-state index in [1.807, 2.05) is 31.6 Å². The minimum absolute atomic E-state index is 0.315. The van der Waals surface area contributed by atoms with Gasteiger partial charge >= 0.3 is 5.97 Å². The molecule has 0 aliphatic rings. The van der Waals surface area contributed by atoms with Gasteiger partial charge in [-0.25, -0.2) is 4.79 Å². The first-order valence-corrected chi connectivity index (χ1v) is 6.07. The largest absolute Gasteiger partial charge is 0.478 e. The van der Waals surface area contributed by atoms with Gasteiger partial charge < -0.3 is 5.11 Å². The molecule has 0 radical (unpaired) electrons. The fourth-order valence-corrected chi connectivity index (χ4v) is 2.22. The van der Waals surface area contributed by atoms with E-state index in [9.17, 15) is 4.79 Å². The molecule has 0 aliphatic carbocycles. The van der Waals surface area contributed by atoms with E-state index >= 15 is 0 Å². The van der Waals surface area contributed by atoms with Gasteiger partial charge in [0.05, 0.1) is 11.8 Å². The van der Waals surface area contributed by atoms with Gasteiger partial charge in [-0.1, -0.05) is 0 Å². The van der Waals surface area contributed by atoms with Crippen molar-refractivity contribution in [2.24, 2.45) is 7.05 Å². The van der Waals surface area contributed by atoms with Crippen molar-refractivity contribution in [1.82, 2.24) is 9.78 Å². The number of aryl methyl sites for hydroxylation is 1. The third-order valence-electron chi connectivity index (χ3n) is 2.27. The summed E-state index contributed by atoms with van der Waals surface area (Å²) in [5.74, 6) is -0.0610. The van der Waals surface area contributed by atoms with E-state index in [1.54, 1.807) is 28.6 Å². The maximum Gasteiger partial charge on any atom is 0.335 e. The summed E-state index contributed by atoms with van der Waals surface area (Å²) < 4.78 is 1.77. The van der Waals surface area contributed by atoms with Gasteiger partial charge in [-0.2, -0.15) is 5.10 Å². The number of aromatic nitrogens is 2. The maximum absolute atomic E-state index is 10.7. The Morgan fingerprint density at radius 1 is 1.41 bits per heavy atom. The monoisotopic (exact) mass is 248 g/mol. The zero-order valence-electron chi connectivity index (χ0n) is 9.33. The Kier molecular flexibility index (Phi) is 3.49. The smallest absolute Gasteiger partial charge is 0.335 e. The quantitative estimate of drug-likeness (QED) is 0.844. The van der Waals surface area contributed by atoms with Crippen molar-refractivity contribution in [1.29, 1.82) is 0 Å². The molecule has 17 heavy (non-hydrogen) atoms. The second-order valence-corrected chi connectivity index (χ2v) is 4.69. The maximum atomic E-state index is 10.7. The molecule has 1 aromatic carbocycles. The molecule has 0 fully saturated rings. The van der Waals surface area contributed by atoms with E-state index < -0.39 is 5.97 Å². The third kappa shape index (κ3) is 3.10. The highest BCUT2D eigenvalue weighted by Gasteiger charge is 2.02. The number of hydrogen-bond donors (Lipinski definition) is 1. The Hall–Kier alpha value is -1.75. The van der Waals surface area contributed by atoms with Crippen LogP contribution in [0.15, 0.2) is 41.6 Å². The zero-order valence-corrected chi connectivity index (χ0v) is 10.1. The van der Waals surface area contributed by atoms with Gasteiger partial charge in [-0.05, 0) is 24.3 Å². The lowest BCUT2D eigenvalue weighted by molar-refractivity contribution is 0.0697. The summed E-state index contributed by atoms with van der Waals surface area (Å²) in [5, 5.41) is 12.9. The van der Waals surface area contributed by atoms with Crippen molar-refractivity contribution < 1.29 is 9.90 Å². The average Bonchev–Trinajstić information content (AvgIpc) is 2.73. The highest BCUT2D eigenvalue weighted by molar-refractivity contribution is 7.98. The molecule has 4 nitrogen and oxygen atoms in total. The van der Waals surface area contributed by atoms with E-state index in [0.717, 1.165) is 16.2 Å². The lowest BCUT2D eigenvalue weighted by atomic mass is 10.2. The number of thioether (sulfide) groups is 1. The fraction of sp³-hybridized carbons (Fsp3) is 0.167. The Labute approximate surface area is 103 Å². The van der Waals surface area contributed by atoms with Crippen molar-refractivity contribution in [2.45, 2.75) is 10.6 Å². The van der Waals surface area contributed by atoms with Crippen LogP contribution in [0.1, 0.15) is 15.9 Å². The van der Waals surface area contributed by atoms with Crippen molar-refractivity contribution in [3.8, 4) is 0 Å². The van der Waals surface area contributed by atoms with Crippen LogP contribution in [0.2, 0.25) is 0 Å². The van der Waals surface area contributed by atoms with Gasteiger partial charge in [0, 0.05) is 29.5 Å². The molecule has 1 heterocycles. The number of benzene rings is 1. The van der Waals surface area contributed by atoms with E-state index in [-0.39, 0.29) is 0 Å². The summed E-state index contributed by atoms with van der Waals surface area (Å²) in [6.45, 7) is 0. The van der Waals surface area contributed by atoms with E-state index in [4.69, 9.17) is 5.11 Å². The molecule has 5 heteroatoms. The summed E-state index contributed by atoms with van der Waals surface area (Å²) in [6, 6.07) is 6.89. The van der Waals surface area contributed by atoms with Crippen LogP contribution in [0.25, 0.3) is 0 Å². The van der Waals surface area contributed by atoms with Gasteiger partial charge in [0.1, 0.15) is 0 Å². The average molecular weight is 248 g/mol. The number of hydrogen-bond acceptors (Lipinski definition) is 3. The van der Waals surface area contributed by atoms with Crippen LogP contribution in [0, 0.1) is 0 Å². The van der Waals surface area contributed by atoms with Gasteiger partial charge in [0.2, 0.25) is 0 Å². The lowest BCUT2D eigenvalue weighted by Gasteiger charge is -2.00. The second kappa shape index (κ2) is 5.05. The Balaban J connectivity index is 1.97. The van der Waals surface area contributed by atoms with Gasteiger partial charge in [0.25, 0.3) is 0 Å². The van der Waals surface area contributed by atoms with Crippen molar-refractivity contribution in [2.75, 3.05) is 0 Å². The normalized spacial score (nSPS) is 10.4. The van der Waals surface area contributed by atoms with Crippen LogP contribution in [-0.2, 0) is 12.8 Å². The molecular formula is C12H12N2O2S. The van der Waals surface area contributed by atoms with Crippen LogP contribution in [0.3, 0.4) is 0 Å². The number of rotatable bonds is 4. The van der Waals surface area contributed by atoms with Crippen molar-refractivity contribution in [3.05, 3.63) is 47.8 Å². The molecule has 2 rings (SSSR count).